The highest BCUT2D eigenvalue weighted by atomic mass is 32.1. The fraction of sp³-hybridized carbons (Fsp3) is 0.280. The second kappa shape index (κ2) is 8.70. The largest absolute Gasteiger partial charge is 0.382 e. The van der Waals surface area contributed by atoms with Crippen LogP contribution >= 0.6 is 11.3 Å². The molecule has 2 aliphatic rings. The molecule has 2 bridgehead atoms. The van der Waals surface area contributed by atoms with Crippen LogP contribution in [0.25, 0.3) is 27.5 Å². The predicted octanol–water partition coefficient (Wildman–Crippen LogP) is 3.04. The number of hydrogen-bond donors (Lipinski definition) is 2. The number of carbonyl (C=O) groups excluding carboxylic acids is 1. The van der Waals surface area contributed by atoms with Crippen LogP contribution in [0.1, 0.15) is 53.5 Å². The van der Waals surface area contributed by atoms with E-state index in [4.69, 9.17) is 10.7 Å². The van der Waals surface area contributed by atoms with Gasteiger partial charge in [-0.1, -0.05) is 6.07 Å². The standard InChI is InChI=1S/C25H21N11OS/c26-9-17-20(14-7-15-2-3-16(8-14)35(15)25(37)22-30-12-31-34-22)33-23-18(11-32-36(23)21(17)27)13-1-4-19(29-10-13)24-28-5-6-38-24/h1,4-6,10-12,14-16H,2-3,7-8,27H2,(H,30,31,34)/t14-,15-,16+. The highest BCUT2D eigenvalue weighted by Crippen LogP contribution is 2.44. The number of nitrogens with one attached hydrogen (secondary N) is 1. The molecule has 0 aromatic carbocycles. The zero-order chi connectivity index (χ0) is 25.8. The third-order valence-corrected chi connectivity index (χ3v) is 8.32. The number of aromatic nitrogens is 8. The van der Waals surface area contributed by atoms with Crippen molar-refractivity contribution in [2.75, 3.05) is 5.73 Å². The van der Waals surface area contributed by atoms with E-state index in [-0.39, 0.29) is 35.6 Å². The molecule has 13 heteroatoms. The lowest BCUT2D eigenvalue weighted by atomic mass is 9.86. The molecular weight excluding hydrogens is 502 g/mol. The van der Waals surface area contributed by atoms with Gasteiger partial charge in [-0.25, -0.2) is 9.97 Å². The Morgan fingerprint density at radius 3 is 2.68 bits per heavy atom. The van der Waals surface area contributed by atoms with Crippen LogP contribution in [-0.2, 0) is 0 Å². The zero-order valence-corrected chi connectivity index (χ0v) is 20.8. The summed E-state index contributed by atoms with van der Waals surface area (Å²) in [6, 6.07) is 6.22. The molecule has 0 aliphatic carbocycles. The number of aromatic amines is 1. The van der Waals surface area contributed by atoms with Gasteiger partial charge in [0.25, 0.3) is 5.91 Å². The summed E-state index contributed by atoms with van der Waals surface area (Å²) >= 11 is 1.53. The zero-order valence-electron chi connectivity index (χ0n) is 20.0. The van der Waals surface area contributed by atoms with Gasteiger partial charge in [-0.15, -0.1) is 21.5 Å². The van der Waals surface area contributed by atoms with Gasteiger partial charge in [0.2, 0.25) is 5.82 Å². The second-order valence-corrected chi connectivity index (χ2v) is 10.4. The quantitative estimate of drug-likeness (QED) is 0.360. The van der Waals surface area contributed by atoms with Gasteiger partial charge in [-0.2, -0.15) is 14.9 Å². The monoisotopic (exact) mass is 523 g/mol. The van der Waals surface area contributed by atoms with Crippen molar-refractivity contribution < 1.29 is 4.79 Å². The molecule has 0 unspecified atom stereocenters. The Morgan fingerprint density at radius 1 is 1.18 bits per heavy atom. The van der Waals surface area contributed by atoms with Crippen molar-refractivity contribution in [3.8, 4) is 27.9 Å². The normalized spacial score (nSPS) is 20.6. The van der Waals surface area contributed by atoms with E-state index in [9.17, 15) is 10.1 Å². The Bertz CT molecular complexity index is 1670. The van der Waals surface area contributed by atoms with Crippen LogP contribution < -0.4 is 5.73 Å². The number of nitrogens with zero attached hydrogens (tertiary/aromatic N) is 9. The number of fused-ring (bicyclic) bond motifs is 3. The van der Waals surface area contributed by atoms with E-state index in [0.717, 1.165) is 34.7 Å². The molecule has 5 aromatic heterocycles. The van der Waals surface area contributed by atoms with Crippen molar-refractivity contribution in [1.29, 1.82) is 5.26 Å². The van der Waals surface area contributed by atoms with Crippen molar-refractivity contribution in [3.05, 3.63) is 59.5 Å². The van der Waals surface area contributed by atoms with Crippen LogP contribution in [-0.4, -0.2) is 62.6 Å². The molecule has 3 N–H and O–H groups in total. The molecule has 0 radical (unpaired) electrons. The van der Waals surface area contributed by atoms with E-state index in [1.54, 1.807) is 18.6 Å². The number of nitrogens with two attached hydrogens (primary N) is 1. The maximum atomic E-state index is 13.1. The number of piperidine rings is 1. The number of carbonyl (C=O) groups is 1. The SMILES string of the molecule is N#Cc1c([C@@H]2C[C@H]3CC[C@@H](C2)N3C(=O)c2nnc[nH]2)nc2c(-c3ccc(-c4nccs4)nc3)cnn2c1N. The highest BCUT2D eigenvalue weighted by Gasteiger charge is 2.45. The Labute approximate surface area is 220 Å². The highest BCUT2D eigenvalue weighted by molar-refractivity contribution is 7.13. The molecule has 2 aliphatic heterocycles. The third-order valence-electron chi connectivity index (χ3n) is 7.52. The summed E-state index contributed by atoms with van der Waals surface area (Å²) in [6.45, 7) is 0. The average Bonchev–Trinajstić information content (AvgIpc) is 3.75. The maximum absolute atomic E-state index is 13.1. The van der Waals surface area contributed by atoms with Gasteiger partial charge in [-0.05, 0) is 31.7 Å². The lowest BCUT2D eigenvalue weighted by molar-refractivity contribution is 0.0557. The number of nitrogen functional groups attached to an aromatic ring is 1. The van der Waals surface area contributed by atoms with Crippen molar-refractivity contribution in [2.45, 2.75) is 43.7 Å². The van der Waals surface area contributed by atoms with Crippen LogP contribution in [0.3, 0.4) is 0 Å². The minimum Gasteiger partial charge on any atom is -0.382 e. The van der Waals surface area contributed by atoms with E-state index < -0.39 is 0 Å². The summed E-state index contributed by atoms with van der Waals surface area (Å²) in [5.41, 5.74) is 10.5. The molecule has 12 nitrogen and oxygen atoms in total. The summed E-state index contributed by atoms with van der Waals surface area (Å²) < 4.78 is 1.52. The Morgan fingerprint density at radius 2 is 2.03 bits per heavy atom. The van der Waals surface area contributed by atoms with Gasteiger partial charge in [0.05, 0.1) is 17.6 Å². The molecule has 7 heterocycles. The smallest absolute Gasteiger partial charge is 0.292 e. The Hall–Kier alpha value is -4.70. The average molecular weight is 524 g/mol. The van der Waals surface area contributed by atoms with E-state index in [1.165, 1.54) is 22.2 Å². The summed E-state index contributed by atoms with van der Waals surface area (Å²) in [4.78, 5) is 31.7. The number of nitriles is 1. The van der Waals surface area contributed by atoms with E-state index >= 15 is 0 Å². The van der Waals surface area contributed by atoms with Gasteiger partial charge in [0, 0.05) is 46.9 Å². The van der Waals surface area contributed by atoms with Crippen molar-refractivity contribution in [3.63, 3.8) is 0 Å². The molecule has 0 spiro atoms. The van der Waals surface area contributed by atoms with Crippen LogP contribution in [0, 0.1) is 11.3 Å². The van der Waals surface area contributed by atoms with Crippen LogP contribution in [0.4, 0.5) is 5.82 Å². The Kier molecular flexibility index (Phi) is 5.15. The lowest BCUT2D eigenvalue weighted by Gasteiger charge is -2.38. The third kappa shape index (κ3) is 3.45. The van der Waals surface area contributed by atoms with Gasteiger partial charge < -0.3 is 15.6 Å². The lowest BCUT2D eigenvalue weighted by Crippen LogP contribution is -2.46. The number of amides is 1. The molecule has 188 valence electrons. The minimum absolute atomic E-state index is 0.0126. The van der Waals surface area contributed by atoms with Gasteiger partial charge in [-0.3, -0.25) is 9.78 Å². The first kappa shape index (κ1) is 22.5. The number of thiazole rings is 1. The number of hydrogen-bond acceptors (Lipinski definition) is 10. The summed E-state index contributed by atoms with van der Waals surface area (Å²) in [5.74, 6) is 0.365. The molecule has 3 atom stereocenters. The van der Waals surface area contributed by atoms with Crippen molar-refractivity contribution >= 4 is 28.7 Å². The number of anilines is 1. The Balaban J connectivity index is 1.25. The molecule has 7 rings (SSSR count). The molecular formula is C25H21N11OS. The topological polar surface area (TPSA) is 168 Å². The second-order valence-electron chi connectivity index (χ2n) is 9.54. The number of rotatable bonds is 4. The van der Waals surface area contributed by atoms with E-state index in [2.05, 4.69) is 36.3 Å². The molecule has 0 saturated carbocycles. The van der Waals surface area contributed by atoms with E-state index in [1.807, 2.05) is 22.4 Å². The van der Waals surface area contributed by atoms with Crippen LogP contribution in [0.2, 0.25) is 0 Å². The summed E-state index contributed by atoms with van der Waals surface area (Å²) in [5, 5.41) is 24.9. The predicted molar refractivity (Wildman–Crippen MR) is 138 cm³/mol. The molecule has 1 amide bonds. The molecule has 2 fully saturated rings. The number of H-pyrrole nitrogens is 1. The fourth-order valence-electron chi connectivity index (χ4n) is 5.84. The molecule has 2 saturated heterocycles. The first-order valence-electron chi connectivity index (χ1n) is 12.2. The van der Waals surface area contributed by atoms with Crippen molar-refractivity contribution in [2.24, 2.45) is 0 Å². The van der Waals surface area contributed by atoms with Gasteiger partial charge >= 0.3 is 0 Å². The maximum Gasteiger partial charge on any atom is 0.292 e. The summed E-state index contributed by atoms with van der Waals surface area (Å²) in [6.07, 6.45) is 9.83. The summed E-state index contributed by atoms with van der Waals surface area (Å²) in [7, 11) is 0. The fourth-order valence-corrected chi connectivity index (χ4v) is 6.45. The minimum atomic E-state index is -0.136. The van der Waals surface area contributed by atoms with Gasteiger partial charge in [0.15, 0.2) is 5.65 Å². The van der Waals surface area contributed by atoms with Crippen LogP contribution in [0.5, 0.6) is 0 Å². The first-order chi connectivity index (χ1) is 18.6. The molecule has 5 aromatic rings. The van der Waals surface area contributed by atoms with E-state index in [0.29, 0.717) is 29.7 Å². The number of pyridine rings is 1. The van der Waals surface area contributed by atoms with Crippen molar-refractivity contribution in [1.82, 2.24) is 44.6 Å². The first-order valence-corrected chi connectivity index (χ1v) is 13.1. The molecule has 38 heavy (non-hydrogen) atoms. The van der Waals surface area contributed by atoms with Gasteiger partial charge in [0.1, 0.15) is 28.8 Å². The van der Waals surface area contributed by atoms with Crippen LogP contribution in [0.15, 0.2) is 42.4 Å².